The third-order valence-electron chi connectivity index (χ3n) is 1.66. The third-order valence-corrected chi connectivity index (χ3v) is 2.77. The predicted molar refractivity (Wildman–Crippen MR) is 54.8 cm³/mol. The van der Waals surface area contributed by atoms with Gasteiger partial charge >= 0.3 is 11.0 Å². The van der Waals surface area contributed by atoms with Gasteiger partial charge in [-0.3, -0.25) is 10.1 Å². The number of nitrogens with two attached hydrogens (primary N) is 1. The number of nitrogens with zero attached hydrogens (tertiary/aromatic N) is 1. The van der Waals surface area contributed by atoms with Gasteiger partial charge in [-0.15, -0.1) is 0 Å². The molecule has 0 bridgehead atoms. The standard InChI is InChI=1S/C8H10N2O4S/c1-2-14-8(11)5-3-7(10(12)13)15-6(5)4-9/h3H,2,4,9H2,1H3. The number of hydrogen-bond donors (Lipinski definition) is 1. The average Bonchev–Trinajstić information content (AvgIpc) is 2.61. The van der Waals surface area contributed by atoms with E-state index in [0.717, 1.165) is 11.3 Å². The van der Waals surface area contributed by atoms with Crippen molar-refractivity contribution in [2.75, 3.05) is 6.61 Å². The van der Waals surface area contributed by atoms with Gasteiger partial charge in [0.25, 0.3) is 0 Å². The molecule has 15 heavy (non-hydrogen) atoms. The van der Waals surface area contributed by atoms with E-state index >= 15 is 0 Å². The largest absolute Gasteiger partial charge is 0.462 e. The van der Waals surface area contributed by atoms with Crippen LogP contribution in [-0.2, 0) is 11.3 Å². The Morgan fingerprint density at radius 2 is 2.40 bits per heavy atom. The first-order valence-electron chi connectivity index (χ1n) is 4.24. The number of ether oxygens (including phenoxy) is 1. The van der Waals surface area contributed by atoms with Crippen LogP contribution in [0.4, 0.5) is 5.00 Å². The molecule has 0 radical (unpaired) electrons. The van der Waals surface area contributed by atoms with Crippen LogP contribution in [-0.4, -0.2) is 17.5 Å². The van der Waals surface area contributed by atoms with Gasteiger partial charge in [0.1, 0.15) is 0 Å². The molecule has 1 rings (SSSR count). The highest BCUT2D eigenvalue weighted by molar-refractivity contribution is 7.15. The van der Waals surface area contributed by atoms with Crippen molar-refractivity contribution in [1.82, 2.24) is 0 Å². The zero-order chi connectivity index (χ0) is 11.4. The molecule has 0 saturated heterocycles. The van der Waals surface area contributed by atoms with E-state index in [2.05, 4.69) is 0 Å². The SMILES string of the molecule is CCOC(=O)c1cc([N+](=O)[O-])sc1CN. The molecule has 0 aliphatic heterocycles. The van der Waals surface area contributed by atoms with Crippen LogP contribution in [0.3, 0.4) is 0 Å². The summed E-state index contributed by atoms with van der Waals surface area (Å²) in [6.07, 6.45) is 0. The smallest absolute Gasteiger partial charge is 0.339 e. The number of rotatable bonds is 4. The van der Waals surface area contributed by atoms with Crippen LogP contribution in [0.5, 0.6) is 0 Å². The first kappa shape index (κ1) is 11.6. The molecular weight excluding hydrogens is 220 g/mol. The summed E-state index contributed by atoms with van der Waals surface area (Å²) >= 11 is 0.897. The molecule has 0 atom stereocenters. The van der Waals surface area contributed by atoms with Gasteiger partial charge in [-0.25, -0.2) is 4.79 Å². The minimum Gasteiger partial charge on any atom is -0.462 e. The second kappa shape index (κ2) is 4.85. The lowest BCUT2D eigenvalue weighted by Crippen LogP contribution is -2.07. The summed E-state index contributed by atoms with van der Waals surface area (Å²) in [6.45, 7) is 1.99. The minimum atomic E-state index is -0.567. The third kappa shape index (κ3) is 2.51. The summed E-state index contributed by atoms with van der Waals surface area (Å²) in [6, 6.07) is 1.20. The maximum Gasteiger partial charge on any atom is 0.339 e. The van der Waals surface area contributed by atoms with E-state index in [4.69, 9.17) is 10.5 Å². The number of nitro groups is 1. The van der Waals surface area contributed by atoms with E-state index in [1.807, 2.05) is 0 Å². The Bertz CT molecular complexity index is 388. The van der Waals surface area contributed by atoms with E-state index in [9.17, 15) is 14.9 Å². The fraction of sp³-hybridized carbons (Fsp3) is 0.375. The Morgan fingerprint density at radius 1 is 1.73 bits per heavy atom. The molecule has 82 valence electrons. The molecule has 0 aliphatic carbocycles. The molecule has 1 heterocycles. The molecule has 0 saturated carbocycles. The molecule has 1 aromatic heterocycles. The van der Waals surface area contributed by atoms with Gasteiger partial charge < -0.3 is 10.5 Å². The second-order valence-corrected chi connectivity index (χ2v) is 3.72. The summed E-state index contributed by atoms with van der Waals surface area (Å²) in [5.74, 6) is -0.567. The molecule has 0 aliphatic rings. The highest BCUT2D eigenvalue weighted by Crippen LogP contribution is 2.29. The molecule has 7 heteroatoms. The first-order valence-corrected chi connectivity index (χ1v) is 5.06. The quantitative estimate of drug-likeness (QED) is 0.477. The summed E-state index contributed by atoms with van der Waals surface area (Å²) in [5.41, 5.74) is 5.57. The zero-order valence-electron chi connectivity index (χ0n) is 8.06. The van der Waals surface area contributed by atoms with E-state index in [0.29, 0.717) is 4.88 Å². The Kier molecular flexibility index (Phi) is 3.75. The lowest BCUT2D eigenvalue weighted by molar-refractivity contribution is -0.380. The van der Waals surface area contributed by atoms with E-state index in [1.54, 1.807) is 6.92 Å². The van der Waals surface area contributed by atoms with Gasteiger partial charge in [0.15, 0.2) is 0 Å². The summed E-state index contributed by atoms with van der Waals surface area (Å²) in [5, 5.41) is 10.4. The molecule has 0 fully saturated rings. The van der Waals surface area contributed by atoms with E-state index < -0.39 is 10.9 Å². The maximum absolute atomic E-state index is 11.4. The van der Waals surface area contributed by atoms with Crippen molar-refractivity contribution in [3.8, 4) is 0 Å². The highest BCUT2D eigenvalue weighted by Gasteiger charge is 2.21. The van der Waals surface area contributed by atoms with Crippen LogP contribution in [0.1, 0.15) is 22.2 Å². The molecule has 0 spiro atoms. The van der Waals surface area contributed by atoms with Crippen LogP contribution in [0, 0.1) is 10.1 Å². The molecule has 2 N–H and O–H groups in total. The van der Waals surface area contributed by atoms with Gasteiger partial charge in [0.05, 0.1) is 17.1 Å². The molecular formula is C8H10N2O4S. The van der Waals surface area contributed by atoms with Crippen molar-refractivity contribution in [2.45, 2.75) is 13.5 Å². The van der Waals surface area contributed by atoms with Gasteiger partial charge in [-0.1, -0.05) is 11.3 Å². The van der Waals surface area contributed by atoms with Gasteiger partial charge in [0, 0.05) is 17.5 Å². The molecule has 0 aromatic carbocycles. The zero-order valence-corrected chi connectivity index (χ0v) is 8.87. The fourth-order valence-corrected chi connectivity index (χ4v) is 1.88. The normalized spacial score (nSPS) is 10.0. The maximum atomic E-state index is 11.4. The van der Waals surface area contributed by atoms with Crippen molar-refractivity contribution in [2.24, 2.45) is 5.73 Å². The van der Waals surface area contributed by atoms with Crippen LogP contribution in [0.15, 0.2) is 6.07 Å². The van der Waals surface area contributed by atoms with Crippen LogP contribution in [0.25, 0.3) is 0 Å². The average molecular weight is 230 g/mol. The Labute approximate surface area is 89.8 Å². The summed E-state index contributed by atoms with van der Waals surface area (Å²) in [7, 11) is 0. The molecule has 1 aromatic rings. The van der Waals surface area contributed by atoms with Crippen molar-refractivity contribution >= 4 is 22.3 Å². The van der Waals surface area contributed by atoms with Gasteiger partial charge in [-0.05, 0) is 6.92 Å². The predicted octanol–water partition coefficient (Wildman–Crippen LogP) is 1.29. The number of carbonyl (C=O) groups excluding carboxylic acids is 1. The van der Waals surface area contributed by atoms with Gasteiger partial charge in [0.2, 0.25) is 0 Å². The lowest BCUT2D eigenvalue weighted by Gasteiger charge is -1.99. The van der Waals surface area contributed by atoms with Crippen molar-refractivity contribution in [3.05, 3.63) is 26.6 Å². The van der Waals surface area contributed by atoms with Crippen LogP contribution < -0.4 is 5.73 Å². The Morgan fingerprint density at radius 3 is 2.87 bits per heavy atom. The minimum absolute atomic E-state index is 0.0899. The number of hydrogen-bond acceptors (Lipinski definition) is 6. The van der Waals surface area contributed by atoms with E-state index in [1.165, 1.54) is 6.07 Å². The van der Waals surface area contributed by atoms with Crippen LogP contribution >= 0.6 is 11.3 Å². The highest BCUT2D eigenvalue weighted by atomic mass is 32.1. The summed E-state index contributed by atoms with van der Waals surface area (Å²) < 4.78 is 4.75. The number of esters is 1. The van der Waals surface area contributed by atoms with Crippen molar-refractivity contribution in [1.29, 1.82) is 0 Å². The Balaban J connectivity index is 3.05. The number of thiophene rings is 1. The molecule has 0 amide bonds. The first-order chi connectivity index (χ1) is 7.10. The molecule has 0 unspecified atom stereocenters. The van der Waals surface area contributed by atoms with Crippen LogP contribution in [0.2, 0.25) is 0 Å². The second-order valence-electron chi connectivity index (χ2n) is 2.60. The molecule has 6 nitrogen and oxygen atoms in total. The van der Waals surface area contributed by atoms with Gasteiger partial charge in [-0.2, -0.15) is 0 Å². The summed E-state index contributed by atoms with van der Waals surface area (Å²) in [4.78, 5) is 21.8. The lowest BCUT2D eigenvalue weighted by atomic mass is 10.2. The van der Waals surface area contributed by atoms with Crippen molar-refractivity contribution in [3.63, 3.8) is 0 Å². The fourth-order valence-electron chi connectivity index (χ4n) is 1.04. The monoisotopic (exact) mass is 230 g/mol. The topological polar surface area (TPSA) is 95.5 Å². The van der Waals surface area contributed by atoms with E-state index in [-0.39, 0.29) is 23.7 Å². The van der Waals surface area contributed by atoms with Crippen molar-refractivity contribution < 1.29 is 14.5 Å². The number of carbonyl (C=O) groups is 1. The Hall–Kier alpha value is -1.47.